The Kier molecular flexibility index (Phi) is 4.92. The quantitative estimate of drug-likeness (QED) is 0.520. The third-order valence-electron chi connectivity index (χ3n) is 4.19. The molecule has 0 aliphatic rings. The number of hydrogen-bond donors (Lipinski definition) is 2. The van der Waals surface area contributed by atoms with Crippen molar-refractivity contribution in [3.63, 3.8) is 0 Å². The number of hydrogen-bond acceptors (Lipinski definition) is 7. The first-order chi connectivity index (χ1) is 14.1. The smallest absolute Gasteiger partial charge is 0.259 e. The molecule has 0 bridgehead atoms. The summed E-state index contributed by atoms with van der Waals surface area (Å²) in [6, 6.07) is 5.29. The Hall–Kier alpha value is -3.79. The SMILES string of the molecule is CNc1ccc(-n2ncc(C(=O)Nc3cnc(-n4nccn4)c(Cl)c3)c2C)cn1. The second-order valence-corrected chi connectivity index (χ2v) is 6.42. The van der Waals surface area contributed by atoms with Crippen molar-refractivity contribution in [2.45, 2.75) is 6.92 Å². The number of carbonyl (C=O) groups is 1. The molecule has 0 saturated heterocycles. The van der Waals surface area contributed by atoms with Crippen molar-refractivity contribution in [3.05, 3.63) is 65.5 Å². The first kappa shape index (κ1) is 18.6. The minimum atomic E-state index is -0.323. The molecular formula is C18H16ClN9O. The van der Waals surface area contributed by atoms with Crippen molar-refractivity contribution in [2.75, 3.05) is 17.7 Å². The summed E-state index contributed by atoms with van der Waals surface area (Å²) in [6.45, 7) is 1.81. The normalized spacial score (nSPS) is 10.7. The van der Waals surface area contributed by atoms with Gasteiger partial charge in [0, 0.05) is 7.05 Å². The number of amides is 1. The minimum Gasteiger partial charge on any atom is -0.373 e. The van der Waals surface area contributed by atoms with Gasteiger partial charge in [-0.25, -0.2) is 14.6 Å². The molecule has 10 nitrogen and oxygen atoms in total. The number of rotatable bonds is 5. The van der Waals surface area contributed by atoms with Gasteiger partial charge in [0.25, 0.3) is 5.91 Å². The van der Waals surface area contributed by atoms with Gasteiger partial charge in [0.2, 0.25) is 0 Å². The molecule has 4 aromatic rings. The number of nitrogens with zero attached hydrogens (tertiary/aromatic N) is 7. The topological polar surface area (TPSA) is 115 Å². The van der Waals surface area contributed by atoms with E-state index in [-0.39, 0.29) is 5.91 Å². The first-order valence-corrected chi connectivity index (χ1v) is 8.97. The fraction of sp³-hybridized carbons (Fsp3) is 0.111. The maximum absolute atomic E-state index is 12.7. The fourth-order valence-electron chi connectivity index (χ4n) is 2.72. The van der Waals surface area contributed by atoms with Gasteiger partial charge in [-0.2, -0.15) is 15.3 Å². The van der Waals surface area contributed by atoms with E-state index >= 15 is 0 Å². The average molecular weight is 410 g/mol. The van der Waals surface area contributed by atoms with Crippen LogP contribution in [-0.2, 0) is 0 Å². The molecule has 4 aromatic heterocycles. The van der Waals surface area contributed by atoms with E-state index in [1.165, 1.54) is 29.6 Å². The number of pyridine rings is 2. The Morgan fingerprint density at radius 2 is 1.86 bits per heavy atom. The Morgan fingerprint density at radius 1 is 1.07 bits per heavy atom. The van der Waals surface area contributed by atoms with Crippen LogP contribution in [0.25, 0.3) is 11.5 Å². The Bertz CT molecular complexity index is 1150. The lowest BCUT2D eigenvalue weighted by Crippen LogP contribution is -2.14. The van der Waals surface area contributed by atoms with E-state index in [0.29, 0.717) is 27.8 Å². The van der Waals surface area contributed by atoms with Crippen molar-refractivity contribution in [2.24, 2.45) is 0 Å². The van der Waals surface area contributed by atoms with Crippen molar-refractivity contribution in [1.82, 2.24) is 34.7 Å². The molecular weight excluding hydrogens is 394 g/mol. The van der Waals surface area contributed by atoms with Crippen LogP contribution in [0, 0.1) is 6.92 Å². The summed E-state index contributed by atoms with van der Waals surface area (Å²) in [6.07, 6.45) is 7.72. The summed E-state index contributed by atoms with van der Waals surface area (Å²) >= 11 is 6.25. The predicted molar refractivity (Wildman–Crippen MR) is 108 cm³/mol. The molecule has 0 aliphatic heterocycles. The maximum Gasteiger partial charge on any atom is 0.259 e. The monoisotopic (exact) mass is 409 g/mol. The maximum atomic E-state index is 12.7. The molecule has 0 atom stereocenters. The summed E-state index contributed by atoms with van der Waals surface area (Å²) in [5.41, 5.74) is 2.30. The molecule has 0 unspecified atom stereocenters. The fourth-order valence-corrected chi connectivity index (χ4v) is 2.96. The van der Waals surface area contributed by atoms with E-state index in [9.17, 15) is 4.79 Å². The summed E-state index contributed by atoms with van der Waals surface area (Å²) < 4.78 is 1.65. The molecule has 0 fully saturated rings. The molecule has 0 spiro atoms. The highest BCUT2D eigenvalue weighted by Crippen LogP contribution is 2.22. The van der Waals surface area contributed by atoms with E-state index in [2.05, 4.69) is 35.9 Å². The van der Waals surface area contributed by atoms with Crippen molar-refractivity contribution < 1.29 is 4.79 Å². The van der Waals surface area contributed by atoms with Crippen LogP contribution in [-0.4, -0.2) is 47.7 Å². The first-order valence-electron chi connectivity index (χ1n) is 8.59. The van der Waals surface area contributed by atoms with Gasteiger partial charge in [0.15, 0.2) is 5.82 Å². The minimum absolute atomic E-state index is 0.308. The molecule has 4 heterocycles. The molecule has 0 aliphatic carbocycles. The van der Waals surface area contributed by atoms with Gasteiger partial charge < -0.3 is 10.6 Å². The van der Waals surface area contributed by atoms with E-state index in [1.54, 1.807) is 24.0 Å². The lowest BCUT2D eigenvalue weighted by Gasteiger charge is -2.08. The van der Waals surface area contributed by atoms with Crippen LogP contribution in [0.4, 0.5) is 11.5 Å². The lowest BCUT2D eigenvalue weighted by atomic mass is 10.2. The molecule has 2 N–H and O–H groups in total. The van der Waals surface area contributed by atoms with Crippen LogP contribution in [0.1, 0.15) is 16.1 Å². The Labute approximate surface area is 170 Å². The highest BCUT2D eigenvalue weighted by molar-refractivity contribution is 6.32. The van der Waals surface area contributed by atoms with Crippen LogP contribution < -0.4 is 10.6 Å². The van der Waals surface area contributed by atoms with Gasteiger partial charge in [-0.1, -0.05) is 11.6 Å². The zero-order chi connectivity index (χ0) is 20.4. The standard InChI is InChI=1S/C18H16ClN9O/c1-11-14(10-25-27(11)13-3-4-16(20-2)21-9-13)18(29)26-12-7-15(19)17(22-8-12)28-23-5-6-24-28/h3-10H,1-2H3,(H,20,21)(H,26,29). The molecule has 0 saturated carbocycles. The van der Waals surface area contributed by atoms with E-state index in [1.807, 2.05) is 19.1 Å². The van der Waals surface area contributed by atoms with Crippen LogP contribution in [0.5, 0.6) is 0 Å². The predicted octanol–water partition coefficient (Wildman–Crippen LogP) is 2.50. The lowest BCUT2D eigenvalue weighted by molar-refractivity contribution is 0.102. The zero-order valence-electron chi connectivity index (χ0n) is 15.5. The number of halogens is 1. The van der Waals surface area contributed by atoms with Crippen LogP contribution >= 0.6 is 11.6 Å². The summed E-state index contributed by atoms with van der Waals surface area (Å²) in [7, 11) is 1.79. The highest BCUT2D eigenvalue weighted by Gasteiger charge is 2.17. The van der Waals surface area contributed by atoms with E-state index in [0.717, 1.165) is 11.5 Å². The Morgan fingerprint density at radius 3 is 2.52 bits per heavy atom. The largest absolute Gasteiger partial charge is 0.373 e. The highest BCUT2D eigenvalue weighted by atomic mass is 35.5. The van der Waals surface area contributed by atoms with Gasteiger partial charge in [0.1, 0.15) is 5.82 Å². The molecule has 1 amide bonds. The second kappa shape index (κ2) is 7.68. The van der Waals surface area contributed by atoms with Gasteiger partial charge in [-0.3, -0.25) is 4.79 Å². The van der Waals surface area contributed by atoms with Crippen LogP contribution in [0.3, 0.4) is 0 Å². The van der Waals surface area contributed by atoms with E-state index in [4.69, 9.17) is 11.6 Å². The number of nitrogens with one attached hydrogen (secondary N) is 2. The van der Waals surface area contributed by atoms with Crippen LogP contribution in [0.2, 0.25) is 5.02 Å². The summed E-state index contributed by atoms with van der Waals surface area (Å²) in [4.78, 5) is 22.5. The van der Waals surface area contributed by atoms with Crippen molar-refractivity contribution in [1.29, 1.82) is 0 Å². The average Bonchev–Trinajstić information content (AvgIpc) is 3.38. The zero-order valence-corrected chi connectivity index (χ0v) is 16.3. The number of aromatic nitrogens is 7. The number of carbonyl (C=O) groups excluding carboxylic acids is 1. The molecule has 11 heteroatoms. The third-order valence-corrected chi connectivity index (χ3v) is 4.47. The molecule has 0 radical (unpaired) electrons. The molecule has 4 rings (SSSR count). The summed E-state index contributed by atoms with van der Waals surface area (Å²) in [5, 5.41) is 18.3. The number of anilines is 2. The third kappa shape index (κ3) is 3.65. The molecule has 0 aromatic carbocycles. The Balaban J connectivity index is 1.54. The van der Waals surface area contributed by atoms with Crippen molar-refractivity contribution in [3.8, 4) is 11.5 Å². The van der Waals surface area contributed by atoms with E-state index < -0.39 is 0 Å². The van der Waals surface area contributed by atoms with Gasteiger partial charge in [0.05, 0.1) is 58.6 Å². The second-order valence-electron chi connectivity index (χ2n) is 6.01. The van der Waals surface area contributed by atoms with Gasteiger partial charge in [-0.15, -0.1) is 4.80 Å². The van der Waals surface area contributed by atoms with Crippen molar-refractivity contribution >= 4 is 29.0 Å². The van der Waals surface area contributed by atoms with Crippen LogP contribution in [0.15, 0.2) is 49.2 Å². The summed E-state index contributed by atoms with van der Waals surface area (Å²) in [5.74, 6) is 0.794. The molecule has 146 valence electrons. The van der Waals surface area contributed by atoms with Gasteiger partial charge >= 0.3 is 0 Å². The van der Waals surface area contributed by atoms with Gasteiger partial charge in [-0.05, 0) is 25.1 Å². The molecule has 29 heavy (non-hydrogen) atoms.